The highest BCUT2D eigenvalue weighted by Crippen LogP contribution is 2.36. The summed E-state index contributed by atoms with van der Waals surface area (Å²) in [5.41, 5.74) is 0.862. The molecule has 0 spiro atoms. The average Bonchev–Trinajstić information content (AvgIpc) is 3.25. The summed E-state index contributed by atoms with van der Waals surface area (Å²) in [6.45, 7) is 2.23. The third-order valence-electron chi connectivity index (χ3n) is 4.49. The Labute approximate surface area is 177 Å². The molecule has 0 unspecified atom stereocenters. The number of morpholine rings is 1. The number of nitrogens with zero attached hydrogens (tertiary/aromatic N) is 3. The summed E-state index contributed by atoms with van der Waals surface area (Å²) in [4.78, 5) is 14.9. The van der Waals surface area contributed by atoms with E-state index in [9.17, 15) is 9.18 Å². The maximum atomic E-state index is 13.2. The van der Waals surface area contributed by atoms with Gasteiger partial charge in [0.1, 0.15) is 16.8 Å². The lowest BCUT2D eigenvalue weighted by molar-refractivity contribution is -0.134. The van der Waals surface area contributed by atoms with Crippen molar-refractivity contribution in [2.75, 3.05) is 26.3 Å². The van der Waals surface area contributed by atoms with Gasteiger partial charge in [0, 0.05) is 13.1 Å². The van der Waals surface area contributed by atoms with E-state index in [0.29, 0.717) is 32.1 Å². The number of carbonyl (C=O) groups excluding carboxylic acids is 1. The van der Waals surface area contributed by atoms with E-state index >= 15 is 0 Å². The molecule has 1 aliphatic heterocycles. The quantitative estimate of drug-likeness (QED) is 0.532. The monoisotopic (exact) mass is 429 g/mol. The van der Waals surface area contributed by atoms with Gasteiger partial charge in [-0.1, -0.05) is 30.3 Å². The standard InChI is InChI=1S/C21H20FN3O4S/c22-16-6-8-17(9-7-16)28-14-18-23-24-21(29-18)30-19(15-4-2-1-3-5-15)20(26)25-10-12-27-13-11-25/h1-9,19H,10-14H2/t19-/m0/s1. The van der Waals surface area contributed by atoms with E-state index in [0.717, 1.165) is 5.56 Å². The zero-order valence-corrected chi connectivity index (χ0v) is 16.9. The highest BCUT2D eigenvalue weighted by molar-refractivity contribution is 8.00. The first-order chi connectivity index (χ1) is 14.7. The molecule has 0 saturated carbocycles. The van der Waals surface area contributed by atoms with Crippen molar-refractivity contribution >= 4 is 17.7 Å². The number of halogens is 1. The Hall–Kier alpha value is -2.91. The molecule has 2 aromatic carbocycles. The minimum absolute atomic E-state index is 0.0168. The van der Waals surface area contributed by atoms with Crippen LogP contribution in [-0.2, 0) is 16.1 Å². The van der Waals surface area contributed by atoms with Gasteiger partial charge < -0.3 is 18.8 Å². The van der Waals surface area contributed by atoms with Crippen LogP contribution in [0.4, 0.5) is 4.39 Å². The molecular weight excluding hydrogens is 409 g/mol. The number of carbonyl (C=O) groups is 1. The minimum Gasteiger partial charge on any atom is -0.484 e. The first kappa shape index (κ1) is 20.4. The third kappa shape index (κ3) is 5.17. The second kappa shape index (κ2) is 9.73. The number of benzene rings is 2. The molecule has 1 fully saturated rings. The van der Waals surface area contributed by atoms with Crippen molar-refractivity contribution in [2.45, 2.75) is 17.1 Å². The lowest BCUT2D eigenvalue weighted by Gasteiger charge is -2.29. The zero-order chi connectivity index (χ0) is 20.8. The molecule has 1 saturated heterocycles. The molecule has 1 aliphatic rings. The molecule has 156 valence electrons. The first-order valence-corrected chi connectivity index (χ1v) is 10.4. The second-order valence-electron chi connectivity index (χ2n) is 6.55. The van der Waals surface area contributed by atoms with Crippen molar-refractivity contribution in [3.63, 3.8) is 0 Å². The fourth-order valence-electron chi connectivity index (χ4n) is 2.96. The van der Waals surface area contributed by atoms with Crippen LogP contribution < -0.4 is 4.74 Å². The SMILES string of the molecule is O=C([C@@H](Sc1nnc(COc2ccc(F)cc2)o1)c1ccccc1)N1CCOCC1. The molecule has 9 heteroatoms. The van der Waals surface area contributed by atoms with Gasteiger partial charge in [-0.15, -0.1) is 10.2 Å². The molecule has 1 aromatic heterocycles. The van der Waals surface area contributed by atoms with Crippen molar-refractivity contribution in [3.8, 4) is 5.75 Å². The summed E-state index contributed by atoms with van der Waals surface area (Å²) in [5.74, 6) is 0.411. The van der Waals surface area contributed by atoms with Gasteiger partial charge in [0.2, 0.25) is 5.91 Å². The largest absolute Gasteiger partial charge is 0.484 e. The van der Waals surface area contributed by atoms with Crippen molar-refractivity contribution in [3.05, 3.63) is 71.9 Å². The van der Waals surface area contributed by atoms with Crippen molar-refractivity contribution in [1.82, 2.24) is 15.1 Å². The molecule has 1 atom stereocenters. The first-order valence-electron chi connectivity index (χ1n) is 9.48. The number of aromatic nitrogens is 2. The topological polar surface area (TPSA) is 77.7 Å². The molecular formula is C21H20FN3O4S. The van der Waals surface area contributed by atoms with E-state index in [-0.39, 0.29) is 29.4 Å². The van der Waals surface area contributed by atoms with Gasteiger partial charge in [0.05, 0.1) is 13.2 Å². The summed E-state index contributed by atoms with van der Waals surface area (Å²) in [6, 6.07) is 15.2. The Morgan fingerprint density at radius 3 is 2.57 bits per heavy atom. The molecule has 7 nitrogen and oxygen atoms in total. The number of thioether (sulfide) groups is 1. The van der Waals surface area contributed by atoms with E-state index < -0.39 is 5.25 Å². The van der Waals surface area contributed by atoms with Crippen LogP contribution in [0.15, 0.2) is 64.2 Å². The number of ether oxygens (including phenoxy) is 2. The van der Waals surface area contributed by atoms with Gasteiger partial charge in [0.15, 0.2) is 6.61 Å². The molecule has 0 bridgehead atoms. The van der Waals surface area contributed by atoms with Gasteiger partial charge in [-0.25, -0.2) is 4.39 Å². The van der Waals surface area contributed by atoms with Crippen LogP contribution in [0.2, 0.25) is 0 Å². The van der Waals surface area contributed by atoms with Crippen LogP contribution in [0.1, 0.15) is 16.7 Å². The molecule has 3 aromatic rings. The van der Waals surface area contributed by atoms with Crippen LogP contribution in [0.25, 0.3) is 0 Å². The Morgan fingerprint density at radius 2 is 1.83 bits per heavy atom. The van der Waals surface area contributed by atoms with Crippen molar-refractivity contribution in [1.29, 1.82) is 0 Å². The predicted molar refractivity (Wildman–Crippen MR) is 107 cm³/mol. The van der Waals surface area contributed by atoms with Gasteiger partial charge in [-0.05, 0) is 41.6 Å². The van der Waals surface area contributed by atoms with Crippen LogP contribution >= 0.6 is 11.8 Å². The summed E-state index contributed by atoms with van der Waals surface area (Å²) in [7, 11) is 0. The van der Waals surface area contributed by atoms with E-state index in [2.05, 4.69) is 10.2 Å². The second-order valence-corrected chi connectivity index (χ2v) is 7.61. The van der Waals surface area contributed by atoms with Gasteiger partial charge in [-0.2, -0.15) is 0 Å². The molecule has 30 heavy (non-hydrogen) atoms. The third-order valence-corrected chi connectivity index (χ3v) is 5.57. The Kier molecular flexibility index (Phi) is 6.60. The minimum atomic E-state index is -0.504. The van der Waals surface area contributed by atoms with Crippen LogP contribution in [0.5, 0.6) is 5.75 Å². The van der Waals surface area contributed by atoms with Crippen LogP contribution in [-0.4, -0.2) is 47.3 Å². The highest BCUT2D eigenvalue weighted by Gasteiger charge is 2.30. The molecule has 1 amide bonds. The van der Waals surface area contributed by atoms with E-state index in [1.54, 1.807) is 4.90 Å². The van der Waals surface area contributed by atoms with Crippen molar-refractivity contribution < 1.29 is 23.1 Å². The maximum Gasteiger partial charge on any atom is 0.277 e. The van der Waals surface area contributed by atoms with Gasteiger partial charge >= 0.3 is 0 Å². The highest BCUT2D eigenvalue weighted by atomic mass is 32.2. The van der Waals surface area contributed by atoms with E-state index in [1.165, 1.54) is 36.0 Å². The Balaban J connectivity index is 1.45. The van der Waals surface area contributed by atoms with E-state index in [4.69, 9.17) is 13.9 Å². The number of hydrogen-bond acceptors (Lipinski definition) is 7. The van der Waals surface area contributed by atoms with Crippen LogP contribution in [0.3, 0.4) is 0 Å². The zero-order valence-electron chi connectivity index (χ0n) is 16.1. The molecule has 4 rings (SSSR count). The smallest absolute Gasteiger partial charge is 0.277 e. The normalized spacial score (nSPS) is 15.0. The molecule has 2 heterocycles. The van der Waals surface area contributed by atoms with E-state index in [1.807, 2.05) is 30.3 Å². The van der Waals surface area contributed by atoms with Crippen LogP contribution in [0, 0.1) is 5.82 Å². The number of hydrogen-bond donors (Lipinski definition) is 0. The lowest BCUT2D eigenvalue weighted by atomic mass is 10.1. The van der Waals surface area contributed by atoms with Gasteiger partial charge in [0.25, 0.3) is 11.1 Å². The number of rotatable bonds is 7. The Morgan fingerprint density at radius 1 is 1.10 bits per heavy atom. The fourth-order valence-corrected chi connectivity index (χ4v) is 3.94. The fraction of sp³-hybridized carbons (Fsp3) is 0.286. The molecule has 0 N–H and O–H groups in total. The molecule has 0 radical (unpaired) electrons. The summed E-state index contributed by atoms with van der Waals surface area (Å²) >= 11 is 1.21. The predicted octanol–water partition coefficient (Wildman–Crippen LogP) is 3.48. The summed E-state index contributed by atoms with van der Waals surface area (Å²) < 4.78 is 29.5. The van der Waals surface area contributed by atoms with Gasteiger partial charge in [-0.3, -0.25) is 4.79 Å². The van der Waals surface area contributed by atoms with Crippen molar-refractivity contribution in [2.24, 2.45) is 0 Å². The Bertz CT molecular complexity index is 962. The summed E-state index contributed by atoms with van der Waals surface area (Å²) in [5, 5.41) is 7.81. The maximum absolute atomic E-state index is 13.2. The number of amides is 1. The molecule has 0 aliphatic carbocycles. The average molecular weight is 429 g/mol. The summed E-state index contributed by atoms with van der Waals surface area (Å²) in [6.07, 6.45) is 0. The lowest BCUT2D eigenvalue weighted by Crippen LogP contribution is -2.42.